The summed E-state index contributed by atoms with van der Waals surface area (Å²) in [6, 6.07) is 0. The molecular formula is C13H22O2. The van der Waals surface area contributed by atoms with Gasteiger partial charge in [-0.2, -0.15) is 0 Å². The molecule has 0 aromatic heterocycles. The Morgan fingerprint density at radius 2 is 1.80 bits per heavy atom. The zero-order chi connectivity index (χ0) is 11.1. The van der Waals surface area contributed by atoms with E-state index >= 15 is 0 Å². The zero-order valence-corrected chi connectivity index (χ0v) is 9.83. The van der Waals surface area contributed by atoms with Crippen molar-refractivity contribution in [2.45, 2.75) is 52.4 Å². The Labute approximate surface area is 92.1 Å². The van der Waals surface area contributed by atoms with E-state index in [1.807, 2.05) is 6.92 Å². The van der Waals surface area contributed by atoms with Crippen LogP contribution in [0.1, 0.15) is 52.4 Å². The summed E-state index contributed by atoms with van der Waals surface area (Å²) in [6.07, 6.45) is 6.47. The lowest BCUT2D eigenvalue weighted by atomic mass is 9.58. The third-order valence-electron chi connectivity index (χ3n) is 4.63. The Balaban J connectivity index is 2.16. The number of carbonyl (C=O) groups is 1. The highest BCUT2D eigenvalue weighted by molar-refractivity contribution is 5.74. The molecule has 0 aromatic carbocycles. The standard InChI is InChI=1S/C13H22O2/c1-3-13(12(14)15)7-10-4-9(2)5-11(6-10)8-13/h9-11H,3-8H2,1-2H3,(H,14,15). The maximum atomic E-state index is 11.4. The van der Waals surface area contributed by atoms with Crippen LogP contribution in [0.5, 0.6) is 0 Å². The second-order valence-electron chi connectivity index (χ2n) is 5.89. The third kappa shape index (κ3) is 1.91. The van der Waals surface area contributed by atoms with Gasteiger partial charge in [0.25, 0.3) is 0 Å². The highest BCUT2D eigenvalue weighted by Crippen LogP contribution is 2.51. The van der Waals surface area contributed by atoms with Gasteiger partial charge in [0.2, 0.25) is 0 Å². The molecule has 2 bridgehead atoms. The molecule has 2 rings (SSSR count). The quantitative estimate of drug-likeness (QED) is 0.759. The fourth-order valence-corrected chi connectivity index (χ4v) is 4.03. The molecule has 2 saturated carbocycles. The van der Waals surface area contributed by atoms with Crippen LogP contribution in [0, 0.1) is 23.2 Å². The number of aliphatic carboxylic acids is 1. The lowest BCUT2D eigenvalue weighted by Gasteiger charge is -2.46. The van der Waals surface area contributed by atoms with E-state index in [0.717, 1.165) is 25.2 Å². The molecule has 0 amide bonds. The minimum atomic E-state index is -0.547. The average molecular weight is 210 g/mol. The Kier molecular flexibility index (Phi) is 2.78. The van der Waals surface area contributed by atoms with Crippen molar-refractivity contribution in [2.24, 2.45) is 23.2 Å². The Hall–Kier alpha value is -0.530. The van der Waals surface area contributed by atoms with E-state index in [2.05, 4.69) is 6.92 Å². The van der Waals surface area contributed by atoms with Gasteiger partial charge in [0.1, 0.15) is 0 Å². The first-order valence-electron chi connectivity index (χ1n) is 6.29. The van der Waals surface area contributed by atoms with Gasteiger partial charge in [-0.3, -0.25) is 4.79 Å². The molecule has 2 aliphatic rings. The number of carboxylic acid groups (broad SMARTS) is 1. The minimum absolute atomic E-state index is 0.381. The molecule has 0 saturated heterocycles. The van der Waals surface area contributed by atoms with Gasteiger partial charge < -0.3 is 5.11 Å². The van der Waals surface area contributed by atoms with Crippen molar-refractivity contribution in [3.05, 3.63) is 0 Å². The second-order valence-corrected chi connectivity index (χ2v) is 5.89. The molecule has 2 nitrogen and oxygen atoms in total. The van der Waals surface area contributed by atoms with Crippen molar-refractivity contribution >= 4 is 5.97 Å². The molecule has 2 atom stereocenters. The van der Waals surface area contributed by atoms with Gasteiger partial charge in [-0.05, 0) is 56.3 Å². The van der Waals surface area contributed by atoms with E-state index in [9.17, 15) is 9.90 Å². The Morgan fingerprint density at radius 3 is 2.20 bits per heavy atom. The van der Waals surface area contributed by atoms with Gasteiger partial charge in [-0.1, -0.05) is 13.8 Å². The van der Waals surface area contributed by atoms with Crippen molar-refractivity contribution in [2.75, 3.05) is 0 Å². The van der Waals surface area contributed by atoms with Crippen molar-refractivity contribution in [3.8, 4) is 0 Å². The monoisotopic (exact) mass is 210 g/mol. The maximum absolute atomic E-state index is 11.4. The molecule has 1 N–H and O–H groups in total. The van der Waals surface area contributed by atoms with Gasteiger partial charge in [0.05, 0.1) is 5.41 Å². The fraction of sp³-hybridized carbons (Fsp3) is 0.923. The molecule has 2 heteroatoms. The highest BCUT2D eigenvalue weighted by Gasteiger charge is 2.47. The van der Waals surface area contributed by atoms with E-state index in [1.165, 1.54) is 19.3 Å². The van der Waals surface area contributed by atoms with Gasteiger partial charge in [-0.25, -0.2) is 0 Å². The van der Waals surface area contributed by atoms with Crippen LogP contribution in [0.15, 0.2) is 0 Å². The number of carboxylic acids is 1. The molecule has 2 unspecified atom stereocenters. The summed E-state index contributed by atoms with van der Waals surface area (Å²) in [5.74, 6) is 1.64. The molecule has 2 aliphatic carbocycles. The lowest BCUT2D eigenvalue weighted by molar-refractivity contribution is -0.155. The lowest BCUT2D eigenvalue weighted by Crippen LogP contribution is -2.42. The van der Waals surface area contributed by atoms with Crippen LogP contribution in [0.3, 0.4) is 0 Å². The first kappa shape index (κ1) is 11.0. The molecule has 0 aliphatic heterocycles. The topological polar surface area (TPSA) is 37.3 Å². The number of rotatable bonds is 2. The van der Waals surface area contributed by atoms with Crippen molar-refractivity contribution in [1.29, 1.82) is 0 Å². The van der Waals surface area contributed by atoms with Gasteiger partial charge in [0.15, 0.2) is 0 Å². The maximum Gasteiger partial charge on any atom is 0.309 e. The Bertz CT molecular complexity index is 241. The molecule has 0 aromatic rings. The van der Waals surface area contributed by atoms with Crippen molar-refractivity contribution in [3.63, 3.8) is 0 Å². The van der Waals surface area contributed by atoms with Gasteiger partial charge in [0, 0.05) is 0 Å². The largest absolute Gasteiger partial charge is 0.481 e. The van der Waals surface area contributed by atoms with Crippen LogP contribution in [-0.2, 0) is 4.79 Å². The number of fused-ring (bicyclic) bond motifs is 2. The summed E-state index contributed by atoms with van der Waals surface area (Å²) in [5, 5.41) is 9.41. The summed E-state index contributed by atoms with van der Waals surface area (Å²) in [5.41, 5.74) is -0.381. The minimum Gasteiger partial charge on any atom is -0.481 e. The molecule has 0 heterocycles. The van der Waals surface area contributed by atoms with Crippen LogP contribution in [-0.4, -0.2) is 11.1 Å². The number of hydrogen-bond donors (Lipinski definition) is 1. The van der Waals surface area contributed by atoms with Gasteiger partial charge >= 0.3 is 5.97 Å². The summed E-state index contributed by atoms with van der Waals surface area (Å²) in [7, 11) is 0. The zero-order valence-electron chi connectivity index (χ0n) is 9.83. The predicted octanol–water partition coefficient (Wildman–Crippen LogP) is 3.31. The predicted molar refractivity (Wildman–Crippen MR) is 59.6 cm³/mol. The first-order chi connectivity index (χ1) is 7.05. The normalized spacial score (nSPS) is 45.1. The first-order valence-corrected chi connectivity index (χ1v) is 6.29. The summed E-state index contributed by atoms with van der Waals surface area (Å²) in [6.45, 7) is 4.36. The van der Waals surface area contributed by atoms with E-state index in [-0.39, 0.29) is 5.41 Å². The van der Waals surface area contributed by atoms with E-state index in [4.69, 9.17) is 0 Å². The van der Waals surface area contributed by atoms with Crippen LogP contribution in [0.4, 0.5) is 0 Å². The molecule has 86 valence electrons. The van der Waals surface area contributed by atoms with Crippen LogP contribution in [0.2, 0.25) is 0 Å². The molecule has 0 radical (unpaired) electrons. The number of hydrogen-bond acceptors (Lipinski definition) is 1. The van der Waals surface area contributed by atoms with Crippen LogP contribution >= 0.6 is 0 Å². The van der Waals surface area contributed by atoms with Crippen LogP contribution < -0.4 is 0 Å². The average Bonchev–Trinajstić information content (AvgIpc) is 2.15. The van der Waals surface area contributed by atoms with Gasteiger partial charge in [-0.15, -0.1) is 0 Å². The summed E-state index contributed by atoms with van der Waals surface area (Å²) in [4.78, 5) is 11.4. The second kappa shape index (κ2) is 3.80. The third-order valence-corrected chi connectivity index (χ3v) is 4.63. The van der Waals surface area contributed by atoms with Crippen molar-refractivity contribution < 1.29 is 9.90 Å². The molecule has 0 spiro atoms. The Morgan fingerprint density at radius 1 is 1.27 bits per heavy atom. The van der Waals surface area contributed by atoms with Crippen molar-refractivity contribution in [1.82, 2.24) is 0 Å². The smallest absolute Gasteiger partial charge is 0.309 e. The van der Waals surface area contributed by atoms with E-state index in [0.29, 0.717) is 11.8 Å². The molecular weight excluding hydrogens is 188 g/mol. The van der Waals surface area contributed by atoms with E-state index < -0.39 is 5.97 Å². The summed E-state index contributed by atoms with van der Waals surface area (Å²) < 4.78 is 0. The van der Waals surface area contributed by atoms with E-state index in [1.54, 1.807) is 0 Å². The molecule has 15 heavy (non-hydrogen) atoms. The summed E-state index contributed by atoms with van der Waals surface area (Å²) >= 11 is 0. The molecule has 2 fully saturated rings. The fourth-order valence-electron chi connectivity index (χ4n) is 4.03. The van der Waals surface area contributed by atoms with Crippen LogP contribution in [0.25, 0.3) is 0 Å². The SMILES string of the molecule is CCC1(C(=O)O)CC2CC(C)CC(C2)C1. The highest BCUT2D eigenvalue weighted by atomic mass is 16.4.